The molecule has 0 atom stereocenters. The van der Waals surface area contributed by atoms with Crippen molar-refractivity contribution in [3.05, 3.63) is 11.1 Å². The van der Waals surface area contributed by atoms with Crippen LogP contribution in [-0.4, -0.2) is 0 Å². The third-order valence-corrected chi connectivity index (χ3v) is 3.35. The average Bonchev–Trinajstić information content (AvgIpc) is 2.17. The number of allylic oxidation sites excluding steroid dienone is 2. The van der Waals surface area contributed by atoms with Gasteiger partial charge in [-0.2, -0.15) is 0 Å². The van der Waals surface area contributed by atoms with Crippen LogP contribution in [0.15, 0.2) is 11.1 Å². The summed E-state index contributed by atoms with van der Waals surface area (Å²) >= 11 is 0. The molecular formula is C14H28. The van der Waals surface area contributed by atoms with Gasteiger partial charge in [0.2, 0.25) is 0 Å². The van der Waals surface area contributed by atoms with Crippen molar-refractivity contribution in [3.63, 3.8) is 0 Å². The van der Waals surface area contributed by atoms with E-state index in [4.69, 9.17) is 0 Å². The van der Waals surface area contributed by atoms with E-state index in [1.807, 2.05) is 0 Å². The fourth-order valence-electron chi connectivity index (χ4n) is 2.57. The molecule has 0 radical (unpaired) electrons. The van der Waals surface area contributed by atoms with Gasteiger partial charge in [-0.05, 0) is 37.5 Å². The van der Waals surface area contributed by atoms with Gasteiger partial charge in [-0.15, -0.1) is 0 Å². The SMILES string of the molecule is CC/C(=C(/CC)C(CC)CC)C(C)C. The van der Waals surface area contributed by atoms with E-state index in [0.717, 1.165) is 11.8 Å². The maximum Gasteiger partial charge on any atom is -0.0206 e. The van der Waals surface area contributed by atoms with Crippen LogP contribution in [0.1, 0.15) is 67.2 Å². The summed E-state index contributed by atoms with van der Waals surface area (Å²) in [6, 6.07) is 0. The highest BCUT2D eigenvalue weighted by Crippen LogP contribution is 2.30. The van der Waals surface area contributed by atoms with Crippen molar-refractivity contribution in [1.29, 1.82) is 0 Å². The molecule has 0 bridgehead atoms. The molecule has 0 saturated heterocycles. The Morgan fingerprint density at radius 2 is 1.21 bits per heavy atom. The van der Waals surface area contributed by atoms with Crippen LogP contribution in [0.4, 0.5) is 0 Å². The minimum Gasteiger partial charge on any atom is -0.0685 e. The van der Waals surface area contributed by atoms with E-state index < -0.39 is 0 Å². The second-order valence-corrected chi connectivity index (χ2v) is 4.43. The standard InChI is InChI=1S/C14H28/c1-7-12(8-2)14(10-4)13(9-3)11(5)6/h11-12H,7-10H2,1-6H3/b14-13+. The number of rotatable bonds is 6. The first-order valence-corrected chi connectivity index (χ1v) is 6.33. The fraction of sp³-hybridized carbons (Fsp3) is 0.857. The summed E-state index contributed by atoms with van der Waals surface area (Å²) in [4.78, 5) is 0. The topological polar surface area (TPSA) is 0 Å². The molecule has 14 heavy (non-hydrogen) atoms. The Bertz CT molecular complexity index is 170. The van der Waals surface area contributed by atoms with E-state index in [0.29, 0.717) is 0 Å². The normalized spacial score (nSPS) is 13.7. The van der Waals surface area contributed by atoms with E-state index >= 15 is 0 Å². The predicted molar refractivity (Wildman–Crippen MR) is 66.5 cm³/mol. The molecule has 0 spiro atoms. The van der Waals surface area contributed by atoms with Crippen molar-refractivity contribution in [2.45, 2.75) is 67.2 Å². The molecule has 0 N–H and O–H groups in total. The van der Waals surface area contributed by atoms with Crippen molar-refractivity contribution in [1.82, 2.24) is 0 Å². The largest absolute Gasteiger partial charge is 0.0685 e. The Labute approximate surface area is 90.8 Å². The molecule has 0 heterocycles. The van der Waals surface area contributed by atoms with Crippen LogP contribution < -0.4 is 0 Å². The first-order chi connectivity index (χ1) is 6.62. The van der Waals surface area contributed by atoms with Crippen molar-refractivity contribution in [2.75, 3.05) is 0 Å². The second-order valence-electron chi connectivity index (χ2n) is 4.43. The smallest absolute Gasteiger partial charge is 0.0206 e. The number of hydrogen-bond donors (Lipinski definition) is 0. The molecule has 0 fully saturated rings. The van der Waals surface area contributed by atoms with Crippen LogP contribution in [0.5, 0.6) is 0 Å². The Morgan fingerprint density at radius 3 is 1.43 bits per heavy atom. The van der Waals surface area contributed by atoms with Crippen molar-refractivity contribution < 1.29 is 0 Å². The summed E-state index contributed by atoms with van der Waals surface area (Å²) in [6.45, 7) is 13.9. The van der Waals surface area contributed by atoms with Crippen LogP contribution in [0, 0.1) is 11.8 Å². The molecule has 0 nitrogen and oxygen atoms in total. The molecule has 0 aromatic rings. The minimum atomic E-state index is 0.732. The molecule has 0 aliphatic carbocycles. The molecule has 0 aromatic carbocycles. The van der Waals surface area contributed by atoms with Crippen molar-refractivity contribution in [2.24, 2.45) is 11.8 Å². The summed E-state index contributed by atoms with van der Waals surface area (Å²) < 4.78 is 0. The molecule has 0 saturated carbocycles. The molecule has 84 valence electrons. The fourth-order valence-corrected chi connectivity index (χ4v) is 2.57. The van der Waals surface area contributed by atoms with E-state index in [1.54, 1.807) is 11.1 Å². The molecule has 0 aliphatic rings. The summed E-state index contributed by atoms with van der Waals surface area (Å²) in [5.74, 6) is 1.56. The zero-order valence-electron chi connectivity index (χ0n) is 11.0. The van der Waals surface area contributed by atoms with Gasteiger partial charge in [-0.3, -0.25) is 0 Å². The third-order valence-electron chi connectivity index (χ3n) is 3.35. The molecule has 0 aliphatic heterocycles. The molecule has 0 amide bonds. The minimum absolute atomic E-state index is 0.732. The van der Waals surface area contributed by atoms with Gasteiger partial charge in [0.25, 0.3) is 0 Å². The zero-order chi connectivity index (χ0) is 11.1. The summed E-state index contributed by atoms with van der Waals surface area (Å²) in [6.07, 6.45) is 5.08. The van der Waals surface area contributed by atoms with Gasteiger partial charge in [-0.25, -0.2) is 0 Å². The van der Waals surface area contributed by atoms with Gasteiger partial charge < -0.3 is 0 Å². The lowest BCUT2D eigenvalue weighted by Crippen LogP contribution is -2.08. The molecule has 0 unspecified atom stereocenters. The van der Waals surface area contributed by atoms with E-state index in [9.17, 15) is 0 Å². The highest BCUT2D eigenvalue weighted by Gasteiger charge is 2.14. The highest BCUT2D eigenvalue weighted by atomic mass is 14.2. The Kier molecular flexibility index (Phi) is 6.96. The van der Waals surface area contributed by atoms with E-state index in [1.165, 1.54) is 25.7 Å². The lowest BCUT2D eigenvalue weighted by molar-refractivity contribution is 0.533. The first-order valence-electron chi connectivity index (χ1n) is 6.33. The summed E-state index contributed by atoms with van der Waals surface area (Å²) in [5, 5.41) is 0. The predicted octanol–water partition coefficient (Wildman–Crippen LogP) is 5.20. The summed E-state index contributed by atoms with van der Waals surface area (Å²) in [7, 11) is 0. The monoisotopic (exact) mass is 196 g/mol. The average molecular weight is 196 g/mol. The van der Waals surface area contributed by atoms with Crippen LogP contribution in [-0.2, 0) is 0 Å². The first kappa shape index (κ1) is 13.7. The lowest BCUT2D eigenvalue weighted by Gasteiger charge is -2.23. The van der Waals surface area contributed by atoms with Crippen molar-refractivity contribution >= 4 is 0 Å². The maximum absolute atomic E-state index is 2.33. The third kappa shape index (κ3) is 3.48. The van der Waals surface area contributed by atoms with Crippen LogP contribution in [0.25, 0.3) is 0 Å². The Morgan fingerprint density at radius 1 is 0.786 bits per heavy atom. The van der Waals surface area contributed by atoms with Gasteiger partial charge in [0.1, 0.15) is 0 Å². The molecular weight excluding hydrogens is 168 g/mol. The second kappa shape index (κ2) is 7.09. The van der Waals surface area contributed by atoms with E-state index in [-0.39, 0.29) is 0 Å². The Balaban J connectivity index is 4.94. The van der Waals surface area contributed by atoms with Gasteiger partial charge in [0, 0.05) is 0 Å². The summed E-state index contributed by atoms with van der Waals surface area (Å²) in [5.41, 5.74) is 3.45. The highest BCUT2D eigenvalue weighted by molar-refractivity contribution is 5.18. The molecule has 0 heteroatoms. The number of hydrogen-bond acceptors (Lipinski definition) is 0. The van der Waals surface area contributed by atoms with Crippen LogP contribution in [0.3, 0.4) is 0 Å². The van der Waals surface area contributed by atoms with E-state index in [2.05, 4.69) is 41.5 Å². The van der Waals surface area contributed by atoms with Crippen LogP contribution in [0.2, 0.25) is 0 Å². The maximum atomic E-state index is 2.33. The van der Waals surface area contributed by atoms with Crippen molar-refractivity contribution in [3.8, 4) is 0 Å². The van der Waals surface area contributed by atoms with Crippen LogP contribution >= 0.6 is 0 Å². The quantitative estimate of drug-likeness (QED) is 0.512. The molecule has 0 aromatic heterocycles. The van der Waals surface area contributed by atoms with Gasteiger partial charge in [0.05, 0.1) is 0 Å². The lowest BCUT2D eigenvalue weighted by atomic mass is 9.83. The van der Waals surface area contributed by atoms with Gasteiger partial charge >= 0.3 is 0 Å². The molecule has 0 rings (SSSR count). The zero-order valence-corrected chi connectivity index (χ0v) is 11.0. The van der Waals surface area contributed by atoms with Gasteiger partial charge in [0.15, 0.2) is 0 Å². The van der Waals surface area contributed by atoms with Gasteiger partial charge in [-0.1, -0.05) is 52.7 Å². The Hall–Kier alpha value is -0.260.